The molecule has 2 rings (SSSR count). The van der Waals surface area contributed by atoms with Gasteiger partial charge in [0.2, 0.25) is 0 Å². The van der Waals surface area contributed by atoms with Crippen molar-refractivity contribution in [1.29, 1.82) is 0 Å². The van der Waals surface area contributed by atoms with Gasteiger partial charge in [-0.1, -0.05) is 0 Å². The Morgan fingerprint density at radius 2 is 2.14 bits per heavy atom. The topological polar surface area (TPSA) is 24.9 Å². The molecule has 0 saturated carbocycles. The number of nitrogens with one attached hydrogen (secondary N) is 1. The first-order chi connectivity index (χ1) is 6.75. The van der Waals surface area contributed by atoms with Gasteiger partial charge in [-0.2, -0.15) is 0 Å². The molecule has 1 N–H and O–H groups in total. The fraction of sp³-hybridized carbons (Fsp3) is 0. The van der Waals surface area contributed by atoms with E-state index < -0.39 is 11.6 Å². The summed E-state index contributed by atoms with van der Waals surface area (Å²) in [6, 6.07) is 3.24. The largest absolute Gasteiger partial charge is 0.329 e. The molecule has 0 bridgehead atoms. The molecule has 0 radical (unpaired) electrons. The van der Waals surface area contributed by atoms with E-state index in [0.717, 1.165) is 18.2 Å². The Bertz CT molecular complexity index is 428. The predicted molar refractivity (Wildman–Crippen MR) is 51.8 cm³/mol. The van der Waals surface area contributed by atoms with Crippen LogP contribution in [0.4, 0.5) is 19.6 Å². The SMILES string of the molecule is Fc1ccc(F)c(Nc2nccs2)c1. The van der Waals surface area contributed by atoms with Crippen LogP contribution in [0.1, 0.15) is 0 Å². The van der Waals surface area contributed by atoms with E-state index in [1.54, 1.807) is 11.6 Å². The van der Waals surface area contributed by atoms with Crippen LogP contribution in [0, 0.1) is 11.6 Å². The molecule has 0 unspecified atom stereocenters. The van der Waals surface area contributed by atoms with Crippen molar-refractivity contribution in [3.8, 4) is 0 Å². The first-order valence-electron chi connectivity index (χ1n) is 3.87. The fourth-order valence-electron chi connectivity index (χ4n) is 0.994. The van der Waals surface area contributed by atoms with Crippen LogP contribution in [0.25, 0.3) is 0 Å². The standard InChI is InChI=1S/C9H6F2N2S/c10-6-1-2-7(11)8(5-6)13-9-12-3-4-14-9/h1-5H,(H,12,13). The molecule has 0 saturated heterocycles. The summed E-state index contributed by atoms with van der Waals surface area (Å²) in [6.07, 6.45) is 1.59. The van der Waals surface area contributed by atoms with E-state index in [2.05, 4.69) is 10.3 Å². The smallest absolute Gasteiger partial charge is 0.187 e. The third-order valence-electron chi connectivity index (χ3n) is 1.60. The van der Waals surface area contributed by atoms with Gasteiger partial charge in [0.15, 0.2) is 5.13 Å². The summed E-state index contributed by atoms with van der Waals surface area (Å²) in [5, 5.41) is 4.97. The summed E-state index contributed by atoms with van der Waals surface area (Å²) in [6.45, 7) is 0. The lowest BCUT2D eigenvalue weighted by Crippen LogP contribution is -1.93. The van der Waals surface area contributed by atoms with Crippen molar-refractivity contribution in [2.45, 2.75) is 0 Å². The molecule has 72 valence electrons. The molecule has 14 heavy (non-hydrogen) atoms. The summed E-state index contributed by atoms with van der Waals surface area (Å²) in [5.41, 5.74) is 0.0972. The number of rotatable bonds is 2. The number of thiazole rings is 1. The third-order valence-corrected chi connectivity index (χ3v) is 2.29. The molecular weight excluding hydrogens is 206 g/mol. The normalized spacial score (nSPS) is 10.1. The lowest BCUT2D eigenvalue weighted by molar-refractivity contribution is 0.603. The van der Waals surface area contributed by atoms with Crippen LogP contribution in [-0.4, -0.2) is 4.98 Å². The average Bonchev–Trinajstić information content (AvgIpc) is 2.64. The van der Waals surface area contributed by atoms with Crippen LogP contribution in [0.2, 0.25) is 0 Å². The van der Waals surface area contributed by atoms with Gasteiger partial charge in [0.25, 0.3) is 0 Å². The van der Waals surface area contributed by atoms with Gasteiger partial charge in [-0.15, -0.1) is 11.3 Å². The van der Waals surface area contributed by atoms with E-state index in [0.29, 0.717) is 5.13 Å². The Hall–Kier alpha value is -1.49. The summed E-state index contributed by atoms with van der Waals surface area (Å²) >= 11 is 1.32. The van der Waals surface area contributed by atoms with Crippen LogP contribution in [0.15, 0.2) is 29.8 Å². The monoisotopic (exact) mass is 212 g/mol. The number of hydrogen-bond donors (Lipinski definition) is 1. The highest BCUT2D eigenvalue weighted by atomic mass is 32.1. The maximum Gasteiger partial charge on any atom is 0.187 e. The summed E-state index contributed by atoms with van der Waals surface area (Å²) in [7, 11) is 0. The van der Waals surface area contributed by atoms with Gasteiger partial charge in [-0.3, -0.25) is 0 Å². The molecule has 0 aliphatic carbocycles. The Balaban J connectivity index is 2.28. The van der Waals surface area contributed by atoms with Crippen molar-refractivity contribution in [2.75, 3.05) is 5.32 Å². The van der Waals surface area contributed by atoms with Crippen LogP contribution in [0.5, 0.6) is 0 Å². The second kappa shape index (κ2) is 3.71. The molecule has 2 aromatic rings. The predicted octanol–water partition coefficient (Wildman–Crippen LogP) is 3.16. The van der Waals surface area contributed by atoms with E-state index in [1.165, 1.54) is 11.3 Å². The zero-order valence-electron chi connectivity index (χ0n) is 7.00. The van der Waals surface area contributed by atoms with E-state index in [1.807, 2.05) is 0 Å². The van der Waals surface area contributed by atoms with Gasteiger partial charge in [-0.05, 0) is 12.1 Å². The molecule has 0 aliphatic rings. The zero-order valence-corrected chi connectivity index (χ0v) is 7.81. The number of anilines is 2. The quantitative estimate of drug-likeness (QED) is 0.827. The van der Waals surface area contributed by atoms with Crippen molar-refractivity contribution in [3.63, 3.8) is 0 Å². The highest BCUT2D eigenvalue weighted by Gasteiger charge is 2.04. The first-order valence-corrected chi connectivity index (χ1v) is 4.75. The number of hydrogen-bond acceptors (Lipinski definition) is 3. The molecular formula is C9H6F2N2S. The van der Waals surface area contributed by atoms with E-state index >= 15 is 0 Å². The average molecular weight is 212 g/mol. The van der Waals surface area contributed by atoms with Crippen molar-refractivity contribution >= 4 is 22.2 Å². The highest BCUT2D eigenvalue weighted by Crippen LogP contribution is 2.21. The van der Waals surface area contributed by atoms with Crippen LogP contribution in [0.3, 0.4) is 0 Å². The van der Waals surface area contributed by atoms with Gasteiger partial charge in [-0.25, -0.2) is 13.8 Å². The Morgan fingerprint density at radius 1 is 1.29 bits per heavy atom. The number of nitrogens with zero attached hydrogens (tertiary/aromatic N) is 1. The maximum atomic E-state index is 13.1. The van der Waals surface area contributed by atoms with Crippen molar-refractivity contribution in [2.24, 2.45) is 0 Å². The third kappa shape index (κ3) is 1.88. The molecule has 5 heteroatoms. The number of benzene rings is 1. The molecule has 0 fully saturated rings. The van der Waals surface area contributed by atoms with Crippen LogP contribution >= 0.6 is 11.3 Å². The second-order valence-corrected chi connectivity index (χ2v) is 3.48. The summed E-state index contributed by atoms with van der Waals surface area (Å²) in [4.78, 5) is 3.90. The lowest BCUT2D eigenvalue weighted by Gasteiger charge is -2.03. The minimum absolute atomic E-state index is 0.0972. The lowest BCUT2D eigenvalue weighted by atomic mass is 10.3. The molecule has 1 aromatic heterocycles. The minimum Gasteiger partial charge on any atom is -0.329 e. The van der Waals surface area contributed by atoms with Gasteiger partial charge in [0.05, 0.1) is 5.69 Å². The zero-order chi connectivity index (χ0) is 9.97. The number of aromatic nitrogens is 1. The van der Waals surface area contributed by atoms with Crippen LogP contribution < -0.4 is 5.32 Å². The molecule has 0 aliphatic heterocycles. The molecule has 0 amide bonds. The Morgan fingerprint density at radius 3 is 2.86 bits per heavy atom. The summed E-state index contributed by atoms with van der Waals surface area (Å²) < 4.78 is 25.9. The van der Waals surface area contributed by atoms with Crippen molar-refractivity contribution < 1.29 is 8.78 Å². The van der Waals surface area contributed by atoms with E-state index in [4.69, 9.17) is 0 Å². The Kier molecular flexibility index (Phi) is 2.41. The van der Waals surface area contributed by atoms with Crippen molar-refractivity contribution in [3.05, 3.63) is 41.4 Å². The molecule has 1 heterocycles. The van der Waals surface area contributed by atoms with Crippen LogP contribution in [-0.2, 0) is 0 Å². The summed E-state index contributed by atoms with van der Waals surface area (Å²) in [5.74, 6) is -0.980. The van der Waals surface area contributed by atoms with Gasteiger partial charge >= 0.3 is 0 Å². The number of halogens is 2. The van der Waals surface area contributed by atoms with Gasteiger partial charge < -0.3 is 5.32 Å². The van der Waals surface area contributed by atoms with E-state index in [9.17, 15) is 8.78 Å². The van der Waals surface area contributed by atoms with Crippen molar-refractivity contribution in [1.82, 2.24) is 4.98 Å². The van der Waals surface area contributed by atoms with E-state index in [-0.39, 0.29) is 5.69 Å². The molecule has 0 atom stereocenters. The minimum atomic E-state index is -0.499. The Labute approximate surface area is 83.2 Å². The molecule has 2 nitrogen and oxygen atoms in total. The second-order valence-electron chi connectivity index (χ2n) is 2.59. The van der Waals surface area contributed by atoms with Gasteiger partial charge in [0.1, 0.15) is 11.6 Å². The highest BCUT2D eigenvalue weighted by molar-refractivity contribution is 7.13. The molecule has 1 aromatic carbocycles. The fourth-order valence-corrected chi connectivity index (χ4v) is 1.53. The maximum absolute atomic E-state index is 13.1. The first kappa shape index (κ1) is 9.08. The van der Waals surface area contributed by atoms with Gasteiger partial charge in [0, 0.05) is 17.6 Å². The molecule has 0 spiro atoms.